The maximum Gasteiger partial charge on any atom is 0.0465 e. The molecule has 0 spiro atoms. The van der Waals surface area contributed by atoms with Crippen LogP contribution in [0.3, 0.4) is 0 Å². The van der Waals surface area contributed by atoms with Gasteiger partial charge in [0.2, 0.25) is 0 Å². The lowest BCUT2D eigenvalue weighted by Crippen LogP contribution is -2.24. The molecule has 1 aliphatic rings. The average molecular weight is 235 g/mol. The van der Waals surface area contributed by atoms with Crippen LogP contribution in [0.4, 0.5) is 0 Å². The number of methoxy groups -OCH3 is 1. The molecule has 0 aliphatic heterocycles. The van der Waals surface area contributed by atoms with Gasteiger partial charge in [0.25, 0.3) is 0 Å². The molecule has 1 saturated carbocycles. The van der Waals surface area contributed by atoms with Crippen molar-refractivity contribution >= 4 is 15.9 Å². The van der Waals surface area contributed by atoms with Crippen molar-refractivity contribution < 1.29 is 4.74 Å². The molecular formula is C10H19BrO. The van der Waals surface area contributed by atoms with Gasteiger partial charge in [0.05, 0.1) is 0 Å². The van der Waals surface area contributed by atoms with Crippen molar-refractivity contribution in [1.29, 1.82) is 0 Å². The summed E-state index contributed by atoms with van der Waals surface area (Å²) in [5.41, 5.74) is 0. The molecule has 2 heteroatoms. The number of alkyl halides is 1. The highest BCUT2D eigenvalue weighted by molar-refractivity contribution is 9.09. The second-order valence-corrected chi connectivity index (χ2v) is 5.15. The fourth-order valence-electron chi connectivity index (χ4n) is 2.03. The van der Waals surface area contributed by atoms with Gasteiger partial charge in [0, 0.05) is 18.5 Å². The van der Waals surface area contributed by atoms with Gasteiger partial charge in [-0.25, -0.2) is 0 Å². The lowest BCUT2D eigenvalue weighted by atomic mass is 9.81. The molecule has 1 rings (SSSR count). The average Bonchev–Trinajstić information content (AvgIpc) is 2.07. The van der Waals surface area contributed by atoms with Crippen molar-refractivity contribution in [3.63, 3.8) is 0 Å². The van der Waals surface area contributed by atoms with E-state index in [4.69, 9.17) is 4.74 Å². The summed E-state index contributed by atoms with van der Waals surface area (Å²) in [7, 11) is 1.79. The topological polar surface area (TPSA) is 9.23 Å². The summed E-state index contributed by atoms with van der Waals surface area (Å²) >= 11 is 3.76. The molecule has 0 heterocycles. The van der Waals surface area contributed by atoms with Crippen LogP contribution >= 0.6 is 15.9 Å². The van der Waals surface area contributed by atoms with E-state index in [2.05, 4.69) is 22.9 Å². The molecule has 0 aromatic carbocycles. The molecule has 3 unspecified atom stereocenters. The lowest BCUT2D eigenvalue weighted by Gasteiger charge is -2.31. The van der Waals surface area contributed by atoms with Gasteiger partial charge in [-0.1, -0.05) is 22.9 Å². The Morgan fingerprint density at radius 3 is 2.83 bits per heavy atom. The molecule has 0 aromatic heterocycles. The first-order valence-electron chi connectivity index (χ1n) is 4.87. The summed E-state index contributed by atoms with van der Waals surface area (Å²) < 4.78 is 5.11. The largest absolute Gasteiger partial charge is 0.385 e. The van der Waals surface area contributed by atoms with Gasteiger partial charge < -0.3 is 4.74 Å². The molecule has 12 heavy (non-hydrogen) atoms. The van der Waals surface area contributed by atoms with Crippen LogP contribution in [-0.4, -0.2) is 18.5 Å². The van der Waals surface area contributed by atoms with E-state index in [1.54, 1.807) is 7.11 Å². The van der Waals surface area contributed by atoms with Crippen LogP contribution in [-0.2, 0) is 4.74 Å². The highest BCUT2D eigenvalue weighted by Gasteiger charge is 2.25. The minimum absolute atomic E-state index is 0.740. The van der Waals surface area contributed by atoms with Crippen LogP contribution in [0.2, 0.25) is 0 Å². The van der Waals surface area contributed by atoms with Crippen molar-refractivity contribution in [2.75, 3.05) is 13.7 Å². The zero-order chi connectivity index (χ0) is 8.97. The molecule has 0 radical (unpaired) electrons. The second-order valence-electron chi connectivity index (χ2n) is 3.98. The van der Waals surface area contributed by atoms with Crippen molar-refractivity contribution in [2.24, 2.45) is 11.8 Å². The number of hydrogen-bond donors (Lipinski definition) is 0. The summed E-state index contributed by atoms with van der Waals surface area (Å²) in [4.78, 5) is 0.740. The normalized spacial score (nSPS) is 36.8. The summed E-state index contributed by atoms with van der Waals surface area (Å²) in [6.07, 6.45) is 5.32. The van der Waals surface area contributed by atoms with Gasteiger partial charge >= 0.3 is 0 Å². The molecule has 1 nitrogen and oxygen atoms in total. The van der Waals surface area contributed by atoms with Crippen molar-refractivity contribution in [2.45, 2.75) is 37.4 Å². The maximum atomic E-state index is 5.11. The first-order chi connectivity index (χ1) is 5.74. The fraction of sp³-hybridized carbons (Fsp3) is 1.00. The van der Waals surface area contributed by atoms with Crippen LogP contribution in [0.15, 0.2) is 0 Å². The van der Waals surface area contributed by atoms with Gasteiger partial charge in [-0.2, -0.15) is 0 Å². The van der Waals surface area contributed by atoms with Crippen LogP contribution in [0.5, 0.6) is 0 Å². The van der Waals surface area contributed by atoms with Gasteiger partial charge in [-0.3, -0.25) is 0 Å². The second kappa shape index (κ2) is 5.23. The van der Waals surface area contributed by atoms with E-state index in [9.17, 15) is 0 Å². The van der Waals surface area contributed by atoms with Crippen LogP contribution in [0.25, 0.3) is 0 Å². The summed E-state index contributed by atoms with van der Waals surface area (Å²) in [5.74, 6) is 1.76. The van der Waals surface area contributed by atoms with E-state index in [1.165, 1.54) is 25.7 Å². The molecular weight excluding hydrogens is 216 g/mol. The Morgan fingerprint density at radius 1 is 1.42 bits per heavy atom. The first-order valence-corrected chi connectivity index (χ1v) is 5.78. The standard InChI is InChI=1S/C10H19BrO/c1-8-3-4-10(11)9(7-8)5-6-12-2/h8-10H,3-7H2,1-2H3. The minimum atomic E-state index is 0.740. The Balaban J connectivity index is 2.28. The summed E-state index contributed by atoms with van der Waals surface area (Å²) in [5, 5.41) is 0. The lowest BCUT2D eigenvalue weighted by molar-refractivity contribution is 0.159. The highest BCUT2D eigenvalue weighted by Crippen LogP contribution is 2.35. The molecule has 0 N–H and O–H groups in total. The Bertz CT molecular complexity index is 127. The zero-order valence-electron chi connectivity index (χ0n) is 8.05. The predicted molar refractivity (Wildman–Crippen MR) is 55.7 cm³/mol. The smallest absolute Gasteiger partial charge is 0.0465 e. The Labute approximate surface area is 84.0 Å². The molecule has 0 bridgehead atoms. The number of rotatable bonds is 3. The van der Waals surface area contributed by atoms with Crippen molar-refractivity contribution in [3.8, 4) is 0 Å². The monoisotopic (exact) mass is 234 g/mol. The van der Waals surface area contributed by atoms with Crippen molar-refractivity contribution in [1.82, 2.24) is 0 Å². The van der Waals surface area contributed by atoms with Gasteiger partial charge in [0.15, 0.2) is 0 Å². The summed E-state index contributed by atoms with van der Waals surface area (Å²) in [6, 6.07) is 0. The van der Waals surface area contributed by atoms with E-state index in [0.29, 0.717) is 0 Å². The van der Waals surface area contributed by atoms with Crippen LogP contribution < -0.4 is 0 Å². The number of halogens is 1. The SMILES string of the molecule is COCCC1CC(C)CCC1Br. The van der Waals surface area contributed by atoms with E-state index in [-0.39, 0.29) is 0 Å². The Hall–Kier alpha value is 0.440. The molecule has 3 atom stereocenters. The van der Waals surface area contributed by atoms with Crippen LogP contribution in [0.1, 0.15) is 32.6 Å². The molecule has 1 fully saturated rings. The van der Waals surface area contributed by atoms with Gasteiger partial charge in [-0.15, -0.1) is 0 Å². The molecule has 0 saturated heterocycles. The molecule has 0 aromatic rings. The quantitative estimate of drug-likeness (QED) is 0.682. The maximum absolute atomic E-state index is 5.11. The number of hydrogen-bond acceptors (Lipinski definition) is 1. The van der Waals surface area contributed by atoms with Gasteiger partial charge in [0.1, 0.15) is 0 Å². The Morgan fingerprint density at radius 2 is 2.17 bits per heavy atom. The molecule has 72 valence electrons. The zero-order valence-corrected chi connectivity index (χ0v) is 9.64. The van der Waals surface area contributed by atoms with Gasteiger partial charge in [-0.05, 0) is 37.5 Å². The van der Waals surface area contributed by atoms with Crippen molar-refractivity contribution in [3.05, 3.63) is 0 Å². The molecule has 1 aliphatic carbocycles. The third-order valence-corrected chi connectivity index (χ3v) is 4.05. The first kappa shape index (κ1) is 10.5. The highest BCUT2D eigenvalue weighted by atomic mass is 79.9. The van der Waals surface area contributed by atoms with E-state index >= 15 is 0 Å². The minimum Gasteiger partial charge on any atom is -0.385 e. The number of ether oxygens (including phenoxy) is 1. The molecule has 0 amide bonds. The van der Waals surface area contributed by atoms with E-state index in [1.807, 2.05) is 0 Å². The van der Waals surface area contributed by atoms with E-state index in [0.717, 1.165) is 23.3 Å². The third-order valence-electron chi connectivity index (χ3n) is 2.84. The predicted octanol–water partition coefficient (Wildman–Crippen LogP) is 3.22. The Kier molecular flexibility index (Phi) is 4.59. The van der Waals surface area contributed by atoms with Crippen LogP contribution in [0, 0.1) is 11.8 Å². The van der Waals surface area contributed by atoms with E-state index < -0.39 is 0 Å². The third kappa shape index (κ3) is 3.06. The fourth-order valence-corrected chi connectivity index (χ4v) is 2.77. The summed E-state index contributed by atoms with van der Waals surface area (Å²) in [6.45, 7) is 3.28.